The molecule has 0 atom stereocenters. The van der Waals surface area contributed by atoms with Crippen molar-refractivity contribution >= 4 is 17.7 Å². The molecule has 0 aliphatic carbocycles. The number of carbonyl (C=O) groups excluding carboxylic acids is 1. The van der Waals surface area contributed by atoms with Crippen molar-refractivity contribution in [1.82, 2.24) is 0 Å². The Hall–Kier alpha value is -2.75. The van der Waals surface area contributed by atoms with E-state index in [4.69, 9.17) is 9.47 Å². The maximum atomic E-state index is 12.8. The minimum atomic E-state index is -0.428. The summed E-state index contributed by atoms with van der Waals surface area (Å²) >= 11 is 0. The third-order valence-electron chi connectivity index (χ3n) is 4.00. The lowest BCUT2D eigenvalue weighted by Crippen LogP contribution is -2.48. The summed E-state index contributed by atoms with van der Waals surface area (Å²) in [4.78, 5) is 14.6. The van der Waals surface area contributed by atoms with Crippen LogP contribution in [0.4, 0.5) is 5.69 Å². The molecule has 1 heterocycles. The number of ether oxygens (including phenoxy) is 2. The second-order valence-electron chi connectivity index (χ2n) is 7.33. The maximum Gasteiger partial charge on any atom is 0.251 e. The fourth-order valence-corrected chi connectivity index (χ4v) is 2.98. The van der Waals surface area contributed by atoms with E-state index < -0.39 is 5.60 Å². The van der Waals surface area contributed by atoms with Crippen molar-refractivity contribution in [2.45, 2.75) is 39.4 Å². The molecule has 1 aliphatic rings. The monoisotopic (exact) mass is 351 g/mol. The van der Waals surface area contributed by atoms with Gasteiger partial charge in [0.15, 0.2) is 0 Å². The molecule has 4 nitrogen and oxygen atoms in total. The summed E-state index contributed by atoms with van der Waals surface area (Å²) in [6.07, 6.45) is 3.54. The molecule has 0 spiro atoms. The standard InChI is InChI=1S/C22H25NO3/c1-16(2)25-18-9-7-8-17(14-18)12-13-21(24)23-15-22(3,4)26-20-11-6-5-10-19(20)23/h5-14,16H,15H2,1-4H3/b13-12+. The number of rotatable bonds is 4. The SMILES string of the molecule is CC(C)Oc1cccc(/C=C/C(=O)N2CC(C)(C)Oc3ccccc32)c1. The highest BCUT2D eigenvalue weighted by Crippen LogP contribution is 2.36. The smallest absolute Gasteiger partial charge is 0.251 e. The van der Waals surface area contributed by atoms with Gasteiger partial charge >= 0.3 is 0 Å². The van der Waals surface area contributed by atoms with Crippen LogP contribution in [-0.2, 0) is 4.79 Å². The van der Waals surface area contributed by atoms with Crippen molar-refractivity contribution in [1.29, 1.82) is 0 Å². The first kappa shape index (κ1) is 18.1. The van der Waals surface area contributed by atoms with Gasteiger partial charge in [-0.2, -0.15) is 0 Å². The molecule has 136 valence electrons. The van der Waals surface area contributed by atoms with Crippen LogP contribution in [0.25, 0.3) is 6.08 Å². The Morgan fingerprint density at radius 2 is 1.96 bits per heavy atom. The molecule has 1 aliphatic heterocycles. The number of nitrogens with zero attached hydrogens (tertiary/aromatic N) is 1. The Kier molecular flexibility index (Phi) is 5.03. The molecule has 0 fully saturated rings. The Morgan fingerprint density at radius 1 is 1.19 bits per heavy atom. The molecule has 0 unspecified atom stereocenters. The van der Waals surface area contributed by atoms with Gasteiger partial charge < -0.3 is 14.4 Å². The van der Waals surface area contributed by atoms with E-state index in [1.54, 1.807) is 11.0 Å². The summed E-state index contributed by atoms with van der Waals surface area (Å²) in [6.45, 7) is 8.45. The quantitative estimate of drug-likeness (QED) is 0.750. The van der Waals surface area contributed by atoms with Gasteiger partial charge in [0, 0.05) is 6.08 Å². The van der Waals surface area contributed by atoms with Crippen LogP contribution in [0, 0.1) is 0 Å². The lowest BCUT2D eigenvalue weighted by Gasteiger charge is -2.39. The lowest BCUT2D eigenvalue weighted by molar-refractivity contribution is -0.115. The Balaban J connectivity index is 1.81. The minimum absolute atomic E-state index is 0.0657. The molecule has 2 aromatic rings. The second-order valence-corrected chi connectivity index (χ2v) is 7.33. The van der Waals surface area contributed by atoms with E-state index in [0.29, 0.717) is 6.54 Å². The topological polar surface area (TPSA) is 38.8 Å². The van der Waals surface area contributed by atoms with Gasteiger partial charge in [-0.25, -0.2) is 0 Å². The van der Waals surface area contributed by atoms with Crippen molar-refractivity contribution in [2.75, 3.05) is 11.4 Å². The van der Waals surface area contributed by atoms with Gasteiger partial charge in [0.2, 0.25) is 0 Å². The number of hydrogen-bond acceptors (Lipinski definition) is 3. The number of para-hydroxylation sites is 2. The highest BCUT2D eigenvalue weighted by molar-refractivity contribution is 6.05. The second kappa shape index (κ2) is 7.24. The number of carbonyl (C=O) groups is 1. The Morgan fingerprint density at radius 3 is 2.73 bits per heavy atom. The third kappa shape index (κ3) is 4.26. The third-order valence-corrected chi connectivity index (χ3v) is 4.00. The summed E-state index contributed by atoms with van der Waals surface area (Å²) in [7, 11) is 0. The van der Waals surface area contributed by atoms with E-state index in [1.165, 1.54) is 0 Å². The van der Waals surface area contributed by atoms with Crippen LogP contribution >= 0.6 is 0 Å². The van der Waals surface area contributed by atoms with Crippen molar-refractivity contribution in [3.63, 3.8) is 0 Å². The van der Waals surface area contributed by atoms with E-state index in [2.05, 4.69) is 0 Å². The summed E-state index contributed by atoms with van der Waals surface area (Å²) in [5.41, 5.74) is 1.30. The molecule has 0 saturated carbocycles. The van der Waals surface area contributed by atoms with Crippen LogP contribution in [-0.4, -0.2) is 24.2 Å². The zero-order chi connectivity index (χ0) is 18.7. The Bertz CT molecular complexity index is 824. The number of fused-ring (bicyclic) bond motifs is 1. The fraction of sp³-hybridized carbons (Fsp3) is 0.318. The van der Waals surface area contributed by atoms with Crippen molar-refractivity contribution in [3.8, 4) is 11.5 Å². The molecule has 2 aromatic carbocycles. The molecule has 0 radical (unpaired) electrons. The highest BCUT2D eigenvalue weighted by atomic mass is 16.5. The maximum absolute atomic E-state index is 12.8. The van der Waals surface area contributed by atoms with Gasteiger partial charge in [0.05, 0.1) is 18.3 Å². The van der Waals surface area contributed by atoms with Crippen molar-refractivity contribution in [3.05, 3.63) is 60.2 Å². The van der Waals surface area contributed by atoms with Crippen LogP contribution in [0.15, 0.2) is 54.6 Å². The first-order valence-electron chi connectivity index (χ1n) is 8.88. The first-order valence-corrected chi connectivity index (χ1v) is 8.88. The zero-order valence-electron chi connectivity index (χ0n) is 15.7. The average Bonchev–Trinajstić information content (AvgIpc) is 2.58. The average molecular weight is 351 g/mol. The molecule has 0 saturated heterocycles. The van der Waals surface area contributed by atoms with Crippen molar-refractivity contribution in [2.24, 2.45) is 0 Å². The molecule has 4 heteroatoms. The normalized spacial score (nSPS) is 15.7. The van der Waals surface area contributed by atoms with Crippen molar-refractivity contribution < 1.29 is 14.3 Å². The van der Waals surface area contributed by atoms with E-state index >= 15 is 0 Å². The number of benzene rings is 2. The number of hydrogen-bond donors (Lipinski definition) is 0. The van der Waals surface area contributed by atoms with Gasteiger partial charge in [-0.05, 0) is 63.6 Å². The van der Waals surface area contributed by atoms with Crippen LogP contribution in [0.5, 0.6) is 11.5 Å². The predicted molar refractivity (Wildman–Crippen MR) is 105 cm³/mol. The summed E-state index contributed by atoms with van der Waals surface area (Å²) in [6, 6.07) is 15.4. The summed E-state index contributed by atoms with van der Waals surface area (Å²) in [5, 5.41) is 0. The molecule has 0 bridgehead atoms. The summed E-state index contributed by atoms with van der Waals surface area (Å²) < 4.78 is 11.7. The van der Waals surface area contributed by atoms with Crippen LogP contribution in [0.1, 0.15) is 33.3 Å². The largest absolute Gasteiger partial charge is 0.491 e. The lowest BCUT2D eigenvalue weighted by atomic mass is 10.0. The summed E-state index contributed by atoms with van der Waals surface area (Å²) in [5.74, 6) is 1.47. The molecule has 0 aromatic heterocycles. The fourth-order valence-electron chi connectivity index (χ4n) is 2.98. The van der Waals surface area contributed by atoms with E-state index in [9.17, 15) is 4.79 Å². The molecule has 0 N–H and O–H groups in total. The van der Waals surface area contributed by atoms with E-state index in [-0.39, 0.29) is 12.0 Å². The highest BCUT2D eigenvalue weighted by Gasteiger charge is 2.33. The van der Waals surface area contributed by atoms with Gasteiger partial charge in [-0.15, -0.1) is 0 Å². The molecule has 1 amide bonds. The number of amides is 1. The van der Waals surface area contributed by atoms with Gasteiger partial charge in [-0.3, -0.25) is 4.79 Å². The van der Waals surface area contributed by atoms with Gasteiger partial charge in [-0.1, -0.05) is 24.3 Å². The Labute approximate surface area is 155 Å². The van der Waals surface area contributed by atoms with E-state index in [1.807, 2.05) is 82.3 Å². The van der Waals surface area contributed by atoms with E-state index in [0.717, 1.165) is 22.7 Å². The van der Waals surface area contributed by atoms with Crippen LogP contribution in [0.3, 0.4) is 0 Å². The zero-order valence-corrected chi connectivity index (χ0v) is 15.7. The molecular formula is C22H25NO3. The predicted octanol–water partition coefficient (Wildman–Crippen LogP) is 4.69. The first-order chi connectivity index (χ1) is 12.3. The van der Waals surface area contributed by atoms with Crippen LogP contribution < -0.4 is 14.4 Å². The van der Waals surface area contributed by atoms with Gasteiger partial charge in [0.1, 0.15) is 17.1 Å². The molecule has 3 rings (SSSR count). The number of anilines is 1. The molecule has 26 heavy (non-hydrogen) atoms. The minimum Gasteiger partial charge on any atom is -0.491 e. The molecular weight excluding hydrogens is 326 g/mol. The van der Waals surface area contributed by atoms with Crippen LogP contribution in [0.2, 0.25) is 0 Å². The van der Waals surface area contributed by atoms with Gasteiger partial charge in [0.25, 0.3) is 5.91 Å².